The number of anilines is 1. The van der Waals surface area contributed by atoms with Crippen LogP contribution in [0.3, 0.4) is 0 Å². The van der Waals surface area contributed by atoms with Gasteiger partial charge in [0.2, 0.25) is 0 Å². The van der Waals surface area contributed by atoms with Gasteiger partial charge in [0.05, 0.1) is 0 Å². The van der Waals surface area contributed by atoms with Crippen LogP contribution in [0.1, 0.15) is 5.56 Å². The van der Waals surface area contributed by atoms with E-state index in [2.05, 4.69) is 0 Å². The Morgan fingerprint density at radius 3 is 2.52 bits per heavy atom. The minimum atomic E-state index is -1.03. The van der Waals surface area contributed by atoms with Crippen LogP contribution in [-0.4, -0.2) is 17.6 Å². The third-order valence-corrected chi connectivity index (χ3v) is 3.09. The highest BCUT2D eigenvalue weighted by Gasteiger charge is 2.13. The summed E-state index contributed by atoms with van der Waals surface area (Å²) in [7, 11) is 0. The fourth-order valence-electron chi connectivity index (χ4n) is 1.93. The second-order valence-corrected chi connectivity index (χ2v) is 4.91. The zero-order valence-electron chi connectivity index (χ0n) is 10.9. The molecule has 110 valence electrons. The lowest BCUT2D eigenvalue weighted by molar-refractivity contribution is -0.135. The van der Waals surface area contributed by atoms with E-state index in [4.69, 9.17) is 16.7 Å². The summed E-state index contributed by atoms with van der Waals surface area (Å²) in [5.74, 6) is -2.93. The maximum absolute atomic E-state index is 13.2. The smallest absolute Gasteiger partial charge is 0.323 e. The Labute approximate surface area is 125 Å². The van der Waals surface area contributed by atoms with Crippen LogP contribution >= 0.6 is 11.6 Å². The Morgan fingerprint density at radius 2 is 1.90 bits per heavy atom. The Balaban J connectivity index is 2.27. The summed E-state index contributed by atoms with van der Waals surface area (Å²) in [6, 6.07) is 10.2. The molecule has 0 saturated carbocycles. The second kappa shape index (κ2) is 6.54. The first-order valence-electron chi connectivity index (χ1n) is 6.12. The number of aliphatic carboxylic acids is 1. The van der Waals surface area contributed by atoms with Crippen LogP contribution in [0, 0.1) is 11.6 Å². The van der Waals surface area contributed by atoms with E-state index in [1.165, 1.54) is 11.0 Å². The number of carboxylic acids is 1. The van der Waals surface area contributed by atoms with Crippen molar-refractivity contribution in [3.05, 3.63) is 64.7 Å². The van der Waals surface area contributed by atoms with Crippen molar-refractivity contribution in [2.45, 2.75) is 6.54 Å². The van der Waals surface area contributed by atoms with Crippen molar-refractivity contribution in [1.82, 2.24) is 0 Å². The lowest BCUT2D eigenvalue weighted by Crippen LogP contribution is -2.29. The molecule has 0 fully saturated rings. The van der Waals surface area contributed by atoms with Gasteiger partial charge < -0.3 is 10.0 Å². The maximum Gasteiger partial charge on any atom is 0.323 e. The number of halogens is 3. The third-order valence-electron chi connectivity index (χ3n) is 2.86. The number of hydrogen-bond acceptors (Lipinski definition) is 2. The van der Waals surface area contributed by atoms with Gasteiger partial charge in [-0.15, -0.1) is 0 Å². The third kappa shape index (κ3) is 4.16. The van der Waals surface area contributed by atoms with Crippen molar-refractivity contribution in [3.8, 4) is 0 Å². The average Bonchev–Trinajstić information content (AvgIpc) is 2.42. The lowest BCUT2D eigenvalue weighted by Gasteiger charge is -2.23. The predicted molar refractivity (Wildman–Crippen MR) is 76.5 cm³/mol. The normalized spacial score (nSPS) is 10.4. The Bertz CT molecular complexity index is 664. The molecule has 1 N–H and O–H groups in total. The quantitative estimate of drug-likeness (QED) is 0.915. The minimum Gasteiger partial charge on any atom is -0.480 e. The van der Waals surface area contributed by atoms with Crippen LogP contribution in [0.15, 0.2) is 42.5 Å². The standard InChI is InChI=1S/C15H12ClF2NO2/c16-11-2-1-3-12(7-11)19(9-15(20)21)8-10-4-5-13(17)14(18)6-10/h1-7H,8-9H2,(H,20,21). The summed E-state index contributed by atoms with van der Waals surface area (Å²) >= 11 is 5.89. The zero-order valence-corrected chi connectivity index (χ0v) is 11.6. The molecule has 0 saturated heterocycles. The first-order chi connectivity index (χ1) is 9.95. The predicted octanol–water partition coefficient (Wildman–Crippen LogP) is 3.71. The summed E-state index contributed by atoms with van der Waals surface area (Å²) in [5, 5.41) is 9.45. The molecule has 0 aliphatic rings. The van der Waals surface area contributed by atoms with Gasteiger partial charge >= 0.3 is 5.97 Å². The van der Waals surface area contributed by atoms with E-state index in [1.54, 1.807) is 24.3 Å². The molecule has 6 heteroatoms. The number of nitrogens with zero attached hydrogens (tertiary/aromatic N) is 1. The number of hydrogen-bond donors (Lipinski definition) is 1. The van der Waals surface area contributed by atoms with Gasteiger partial charge in [-0.25, -0.2) is 8.78 Å². The fraction of sp³-hybridized carbons (Fsp3) is 0.133. The molecule has 2 rings (SSSR count). The molecule has 0 unspecified atom stereocenters. The van der Waals surface area contributed by atoms with Crippen LogP contribution in [0.25, 0.3) is 0 Å². The molecule has 21 heavy (non-hydrogen) atoms. The summed E-state index contributed by atoms with van der Waals surface area (Å²) in [4.78, 5) is 12.5. The Morgan fingerprint density at radius 1 is 1.14 bits per heavy atom. The topological polar surface area (TPSA) is 40.5 Å². The molecule has 0 atom stereocenters. The highest BCUT2D eigenvalue weighted by molar-refractivity contribution is 6.30. The molecule has 0 aliphatic carbocycles. The molecule has 0 heterocycles. The molecule has 0 radical (unpaired) electrons. The number of carbonyl (C=O) groups is 1. The molecule has 0 bridgehead atoms. The van der Waals surface area contributed by atoms with Crippen LogP contribution in [0.4, 0.5) is 14.5 Å². The van der Waals surface area contributed by atoms with Crippen LogP contribution in [0.5, 0.6) is 0 Å². The molecule has 2 aromatic carbocycles. The van der Waals surface area contributed by atoms with Crippen molar-refractivity contribution in [2.75, 3.05) is 11.4 Å². The monoisotopic (exact) mass is 311 g/mol. The van der Waals surface area contributed by atoms with E-state index in [1.807, 2.05) is 0 Å². The molecule has 0 aromatic heterocycles. The van der Waals surface area contributed by atoms with Gasteiger partial charge in [-0.05, 0) is 35.9 Å². The van der Waals surface area contributed by atoms with Crippen LogP contribution < -0.4 is 4.90 Å². The summed E-state index contributed by atoms with van der Waals surface area (Å²) in [6.07, 6.45) is 0. The number of rotatable bonds is 5. The minimum absolute atomic E-state index is 0.129. The zero-order chi connectivity index (χ0) is 15.4. The first kappa shape index (κ1) is 15.3. The van der Waals surface area contributed by atoms with Gasteiger partial charge in [0.1, 0.15) is 6.54 Å². The Kier molecular flexibility index (Phi) is 4.75. The van der Waals surface area contributed by atoms with E-state index >= 15 is 0 Å². The second-order valence-electron chi connectivity index (χ2n) is 4.48. The van der Waals surface area contributed by atoms with Gasteiger partial charge in [-0.2, -0.15) is 0 Å². The maximum atomic E-state index is 13.2. The van der Waals surface area contributed by atoms with Gasteiger partial charge in [0, 0.05) is 17.3 Å². The highest BCUT2D eigenvalue weighted by Crippen LogP contribution is 2.22. The van der Waals surface area contributed by atoms with Gasteiger partial charge in [-0.3, -0.25) is 4.79 Å². The number of carboxylic acid groups (broad SMARTS) is 1. The fourth-order valence-corrected chi connectivity index (χ4v) is 2.12. The van der Waals surface area contributed by atoms with Crippen LogP contribution in [0.2, 0.25) is 5.02 Å². The van der Waals surface area contributed by atoms with E-state index in [9.17, 15) is 13.6 Å². The van der Waals surface area contributed by atoms with Crippen LogP contribution in [-0.2, 0) is 11.3 Å². The van der Waals surface area contributed by atoms with Crippen molar-refractivity contribution >= 4 is 23.3 Å². The summed E-state index contributed by atoms with van der Waals surface area (Å²) in [5.41, 5.74) is 1.06. The molecule has 0 aliphatic heterocycles. The van der Waals surface area contributed by atoms with Gasteiger partial charge in [0.15, 0.2) is 11.6 Å². The van der Waals surface area contributed by atoms with Gasteiger partial charge in [-0.1, -0.05) is 23.7 Å². The molecular weight excluding hydrogens is 300 g/mol. The highest BCUT2D eigenvalue weighted by atomic mass is 35.5. The largest absolute Gasteiger partial charge is 0.480 e. The van der Waals surface area contributed by atoms with Crippen molar-refractivity contribution in [3.63, 3.8) is 0 Å². The molecule has 0 spiro atoms. The average molecular weight is 312 g/mol. The van der Waals surface area contributed by atoms with Gasteiger partial charge in [0.25, 0.3) is 0 Å². The SMILES string of the molecule is O=C(O)CN(Cc1ccc(F)c(F)c1)c1cccc(Cl)c1. The summed E-state index contributed by atoms with van der Waals surface area (Å²) < 4.78 is 26.1. The van der Waals surface area contributed by atoms with E-state index in [0.29, 0.717) is 16.3 Å². The van der Waals surface area contributed by atoms with E-state index < -0.39 is 17.6 Å². The summed E-state index contributed by atoms with van der Waals surface area (Å²) in [6.45, 7) is -0.150. The number of benzene rings is 2. The molecule has 3 nitrogen and oxygen atoms in total. The van der Waals surface area contributed by atoms with Crippen molar-refractivity contribution in [2.24, 2.45) is 0 Å². The molecule has 0 amide bonds. The Hall–Kier alpha value is -2.14. The van der Waals surface area contributed by atoms with Crippen molar-refractivity contribution in [1.29, 1.82) is 0 Å². The molecular formula is C15H12ClF2NO2. The lowest BCUT2D eigenvalue weighted by atomic mass is 10.2. The van der Waals surface area contributed by atoms with Crippen molar-refractivity contribution < 1.29 is 18.7 Å². The first-order valence-corrected chi connectivity index (χ1v) is 6.50. The van der Waals surface area contributed by atoms with E-state index in [-0.39, 0.29) is 13.1 Å². The van der Waals surface area contributed by atoms with E-state index in [0.717, 1.165) is 12.1 Å². The molecule has 2 aromatic rings.